The first-order valence-corrected chi connectivity index (χ1v) is 9.30. The summed E-state index contributed by atoms with van der Waals surface area (Å²) in [7, 11) is 0. The van der Waals surface area contributed by atoms with Gasteiger partial charge in [0, 0.05) is 30.6 Å². The first-order chi connectivity index (χ1) is 9.63. The molecule has 122 valence electrons. The Balaban J connectivity index is 0.00000161. The van der Waals surface area contributed by atoms with Crippen LogP contribution in [-0.2, 0) is 4.79 Å². The molecule has 0 bridgehead atoms. The third-order valence-electron chi connectivity index (χ3n) is 5.59. The number of halogens is 1. The predicted octanol–water partition coefficient (Wildman–Crippen LogP) is 2.79. The van der Waals surface area contributed by atoms with Crippen LogP contribution < -0.4 is 5.32 Å². The van der Waals surface area contributed by atoms with E-state index in [9.17, 15) is 4.79 Å². The first kappa shape index (κ1) is 17.4. The van der Waals surface area contributed by atoms with Crippen molar-refractivity contribution < 1.29 is 4.79 Å². The largest absolute Gasteiger partial charge is 0.340 e. The minimum absolute atomic E-state index is 0. The number of nitrogens with one attached hydrogen (secondary N) is 1. The Kier molecular flexibility index (Phi) is 5.89. The van der Waals surface area contributed by atoms with E-state index in [4.69, 9.17) is 0 Å². The zero-order valence-corrected chi connectivity index (χ0v) is 14.9. The van der Waals surface area contributed by atoms with Crippen LogP contribution in [0, 0.1) is 17.3 Å². The molecule has 3 fully saturated rings. The molecule has 5 heteroatoms. The molecule has 0 radical (unpaired) electrons. The molecule has 2 aliphatic heterocycles. The number of nitrogens with zero attached hydrogens (tertiary/aromatic N) is 1. The highest BCUT2D eigenvalue weighted by molar-refractivity contribution is 8.00. The maximum absolute atomic E-state index is 13.2. The van der Waals surface area contributed by atoms with Gasteiger partial charge in [-0.2, -0.15) is 11.8 Å². The maximum Gasteiger partial charge on any atom is 0.230 e. The summed E-state index contributed by atoms with van der Waals surface area (Å²) in [5, 5.41) is 4.13. The summed E-state index contributed by atoms with van der Waals surface area (Å²) in [6.07, 6.45) is 4.90. The maximum atomic E-state index is 13.2. The van der Waals surface area contributed by atoms with E-state index in [-0.39, 0.29) is 17.8 Å². The van der Waals surface area contributed by atoms with Gasteiger partial charge in [0.1, 0.15) is 0 Å². The van der Waals surface area contributed by atoms with E-state index in [1.807, 2.05) is 0 Å². The molecule has 1 unspecified atom stereocenters. The average molecular weight is 333 g/mol. The normalized spacial score (nSPS) is 36.2. The smallest absolute Gasteiger partial charge is 0.230 e. The van der Waals surface area contributed by atoms with Gasteiger partial charge in [-0.05, 0) is 31.2 Å². The molecule has 1 saturated carbocycles. The van der Waals surface area contributed by atoms with Crippen LogP contribution in [0.25, 0.3) is 0 Å². The van der Waals surface area contributed by atoms with Gasteiger partial charge in [-0.15, -0.1) is 12.4 Å². The Labute approximate surface area is 139 Å². The fourth-order valence-corrected chi connectivity index (χ4v) is 5.55. The number of fused-ring (bicyclic) bond motifs is 1. The lowest BCUT2D eigenvalue weighted by Crippen LogP contribution is -2.53. The summed E-state index contributed by atoms with van der Waals surface area (Å²) < 4.78 is 0. The lowest BCUT2D eigenvalue weighted by molar-refractivity contribution is -0.145. The van der Waals surface area contributed by atoms with E-state index in [0.29, 0.717) is 23.0 Å². The molecule has 21 heavy (non-hydrogen) atoms. The van der Waals surface area contributed by atoms with Crippen molar-refractivity contribution in [3.8, 4) is 0 Å². The van der Waals surface area contributed by atoms with Gasteiger partial charge in [-0.3, -0.25) is 4.79 Å². The highest BCUT2D eigenvalue weighted by Gasteiger charge is 2.51. The SMILES string of the molecule is CC(C)C1CN(C(=O)[C@@]23CCCC[C@H]2CNC3)CCS1.Cl. The van der Waals surface area contributed by atoms with Crippen LogP contribution in [0.15, 0.2) is 0 Å². The van der Waals surface area contributed by atoms with Crippen molar-refractivity contribution in [2.75, 3.05) is 31.9 Å². The topological polar surface area (TPSA) is 32.3 Å². The number of hydrogen-bond donors (Lipinski definition) is 1. The van der Waals surface area contributed by atoms with Crippen LogP contribution in [0.4, 0.5) is 0 Å². The summed E-state index contributed by atoms with van der Waals surface area (Å²) in [5.74, 6) is 2.84. The lowest BCUT2D eigenvalue weighted by atomic mass is 9.67. The van der Waals surface area contributed by atoms with Gasteiger partial charge >= 0.3 is 0 Å². The first-order valence-electron chi connectivity index (χ1n) is 8.25. The summed E-state index contributed by atoms with van der Waals surface area (Å²) in [4.78, 5) is 15.4. The summed E-state index contributed by atoms with van der Waals surface area (Å²) >= 11 is 2.05. The summed E-state index contributed by atoms with van der Waals surface area (Å²) in [6.45, 7) is 8.47. The molecule has 3 aliphatic rings. The van der Waals surface area contributed by atoms with Crippen molar-refractivity contribution in [1.29, 1.82) is 0 Å². The van der Waals surface area contributed by atoms with Gasteiger partial charge < -0.3 is 10.2 Å². The zero-order chi connectivity index (χ0) is 14.2. The van der Waals surface area contributed by atoms with Crippen molar-refractivity contribution >= 4 is 30.1 Å². The van der Waals surface area contributed by atoms with Gasteiger partial charge in [0.2, 0.25) is 5.91 Å². The van der Waals surface area contributed by atoms with Gasteiger partial charge in [0.05, 0.1) is 5.41 Å². The molecular weight excluding hydrogens is 304 g/mol. The fourth-order valence-electron chi connectivity index (χ4n) is 4.25. The van der Waals surface area contributed by atoms with Crippen LogP contribution in [0.2, 0.25) is 0 Å². The average Bonchev–Trinajstić information content (AvgIpc) is 2.91. The van der Waals surface area contributed by atoms with Crippen molar-refractivity contribution in [3.05, 3.63) is 0 Å². The minimum Gasteiger partial charge on any atom is -0.340 e. The molecule has 2 heterocycles. The van der Waals surface area contributed by atoms with Crippen LogP contribution in [0.5, 0.6) is 0 Å². The predicted molar refractivity (Wildman–Crippen MR) is 92.2 cm³/mol. The lowest BCUT2D eigenvalue weighted by Gasteiger charge is -2.43. The third-order valence-corrected chi connectivity index (χ3v) is 7.13. The molecule has 2 saturated heterocycles. The third kappa shape index (κ3) is 3.23. The molecule has 3 atom stereocenters. The Morgan fingerprint density at radius 1 is 1.38 bits per heavy atom. The number of hydrogen-bond acceptors (Lipinski definition) is 3. The molecule has 0 spiro atoms. The van der Waals surface area contributed by atoms with Crippen LogP contribution in [0.3, 0.4) is 0 Å². The van der Waals surface area contributed by atoms with Crippen LogP contribution in [-0.4, -0.2) is 48.0 Å². The van der Waals surface area contributed by atoms with E-state index in [2.05, 4.69) is 35.8 Å². The Morgan fingerprint density at radius 2 is 2.19 bits per heavy atom. The highest BCUT2D eigenvalue weighted by Crippen LogP contribution is 2.45. The molecule has 3 nitrogen and oxygen atoms in total. The molecule has 1 aliphatic carbocycles. The second-order valence-corrected chi connectivity index (χ2v) is 8.48. The molecule has 0 aromatic rings. The van der Waals surface area contributed by atoms with Gasteiger partial charge in [-0.1, -0.05) is 26.7 Å². The fraction of sp³-hybridized carbons (Fsp3) is 0.938. The number of amides is 1. The number of carbonyl (C=O) groups is 1. The Bertz CT molecular complexity index is 379. The van der Waals surface area contributed by atoms with Crippen LogP contribution in [0.1, 0.15) is 39.5 Å². The standard InChI is InChI=1S/C16H28N2OS.ClH/c1-12(2)14-10-18(7-8-20-14)15(19)16-6-4-3-5-13(16)9-17-11-16;/h12-14,17H,3-11H2,1-2H3;1H/t13-,14?,16+;/m0./s1. The summed E-state index contributed by atoms with van der Waals surface area (Å²) in [6, 6.07) is 0. The highest BCUT2D eigenvalue weighted by atomic mass is 35.5. The van der Waals surface area contributed by atoms with Crippen molar-refractivity contribution in [2.24, 2.45) is 17.3 Å². The molecule has 1 N–H and O–H groups in total. The number of thioether (sulfide) groups is 1. The van der Waals surface area contributed by atoms with E-state index < -0.39 is 0 Å². The van der Waals surface area contributed by atoms with Gasteiger partial charge in [0.15, 0.2) is 0 Å². The van der Waals surface area contributed by atoms with E-state index in [1.165, 1.54) is 19.3 Å². The summed E-state index contributed by atoms with van der Waals surface area (Å²) in [5.41, 5.74) is -0.0538. The zero-order valence-electron chi connectivity index (χ0n) is 13.3. The van der Waals surface area contributed by atoms with E-state index >= 15 is 0 Å². The number of rotatable bonds is 2. The van der Waals surface area contributed by atoms with E-state index in [1.54, 1.807) is 0 Å². The molecule has 0 aromatic carbocycles. The Hall–Kier alpha value is 0.0700. The number of carbonyl (C=O) groups excluding carboxylic acids is 1. The monoisotopic (exact) mass is 332 g/mol. The van der Waals surface area contributed by atoms with Crippen molar-refractivity contribution in [3.63, 3.8) is 0 Å². The van der Waals surface area contributed by atoms with Crippen molar-refractivity contribution in [1.82, 2.24) is 10.2 Å². The van der Waals surface area contributed by atoms with Gasteiger partial charge in [0.25, 0.3) is 0 Å². The van der Waals surface area contributed by atoms with Crippen molar-refractivity contribution in [2.45, 2.75) is 44.8 Å². The van der Waals surface area contributed by atoms with E-state index in [0.717, 1.165) is 38.4 Å². The second kappa shape index (κ2) is 7.10. The molecule has 1 amide bonds. The molecular formula is C16H29ClN2OS. The molecule has 0 aromatic heterocycles. The minimum atomic E-state index is -0.0538. The van der Waals surface area contributed by atoms with Gasteiger partial charge in [-0.25, -0.2) is 0 Å². The second-order valence-electron chi connectivity index (χ2n) is 7.13. The Morgan fingerprint density at radius 3 is 2.95 bits per heavy atom. The van der Waals surface area contributed by atoms with Crippen LogP contribution >= 0.6 is 24.2 Å². The quantitative estimate of drug-likeness (QED) is 0.844. The molecule has 3 rings (SSSR count).